The summed E-state index contributed by atoms with van der Waals surface area (Å²) in [5.41, 5.74) is 7.16. The van der Waals surface area contributed by atoms with E-state index in [9.17, 15) is 9.59 Å². The van der Waals surface area contributed by atoms with Crippen molar-refractivity contribution in [1.29, 1.82) is 0 Å². The van der Waals surface area contributed by atoms with Crippen LogP contribution in [0.1, 0.15) is 56.2 Å². The molecule has 0 aliphatic heterocycles. The lowest BCUT2D eigenvalue weighted by atomic mass is 9.93. The van der Waals surface area contributed by atoms with Gasteiger partial charge in [0.2, 0.25) is 0 Å². The molecule has 0 saturated heterocycles. The Labute approximate surface area is 174 Å². The lowest BCUT2D eigenvalue weighted by Crippen LogP contribution is -2.22. The molecular formula is C23H22N4O3. The van der Waals surface area contributed by atoms with Crippen molar-refractivity contribution in [2.24, 2.45) is 5.10 Å². The Hall–Kier alpha value is -3.74. The number of hydrazone groups is 1. The summed E-state index contributed by atoms with van der Waals surface area (Å²) in [7, 11) is 0. The smallest absolute Gasteiger partial charge is 0.291 e. The number of nitrogens with one attached hydrogen (secondary N) is 2. The van der Waals surface area contributed by atoms with Gasteiger partial charge in [0.05, 0.1) is 5.71 Å². The topological polar surface area (TPSA) is 96.6 Å². The molecule has 7 heteroatoms. The number of rotatable bonds is 4. The van der Waals surface area contributed by atoms with E-state index >= 15 is 0 Å². The third-order valence-corrected chi connectivity index (χ3v) is 5.08. The highest BCUT2D eigenvalue weighted by Crippen LogP contribution is 2.30. The van der Waals surface area contributed by atoms with Gasteiger partial charge in [0.15, 0.2) is 5.76 Å². The van der Waals surface area contributed by atoms with Gasteiger partial charge in [-0.1, -0.05) is 17.7 Å². The number of benzene rings is 1. The van der Waals surface area contributed by atoms with E-state index in [2.05, 4.69) is 20.8 Å². The van der Waals surface area contributed by atoms with E-state index in [1.165, 1.54) is 0 Å². The number of furan rings is 1. The summed E-state index contributed by atoms with van der Waals surface area (Å²) < 4.78 is 5.90. The standard InChI is InChI=1S/C23H22N4O3/c1-14-6-8-17(9-7-14)25-23(29)21-15(2)20-18(4-3-5-19(20)30-21)26-27-22(28)16-10-12-24-13-11-16/h6-13H,3-5H2,1-2H3,(H,25,29)(H,27,28)/b26-18+. The SMILES string of the molecule is Cc1ccc(NC(=O)c2oc3c(c2C)/C(=N/NC(=O)c2ccncc2)CCC3)cc1. The Kier molecular flexibility index (Phi) is 5.43. The number of nitrogens with zero attached hydrogens (tertiary/aromatic N) is 2. The fraction of sp³-hybridized carbons (Fsp3) is 0.217. The zero-order chi connectivity index (χ0) is 21.1. The second-order valence-corrected chi connectivity index (χ2v) is 7.26. The van der Waals surface area contributed by atoms with Crippen LogP contribution in [0.3, 0.4) is 0 Å². The minimum absolute atomic E-state index is 0.274. The average Bonchev–Trinajstić information content (AvgIpc) is 3.11. The Balaban J connectivity index is 1.56. The van der Waals surface area contributed by atoms with E-state index in [1.807, 2.05) is 38.1 Å². The number of carbonyl (C=O) groups excluding carboxylic acids is 2. The van der Waals surface area contributed by atoms with Crippen LogP contribution in [0, 0.1) is 13.8 Å². The predicted molar refractivity (Wildman–Crippen MR) is 114 cm³/mol. The molecule has 2 amide bonds. The van der Waals surface area contributed by atoms with Crippen molar-refractivity contribution < 1.29 is 14.0 Å². The summed E-state index contributed by atoms with van der Waals surface area (Å²) in [4.78, 5) is 29.0. The van der Waals surface area contributed by atoms with Gasteiger partial charge in [0, 0.05) is 41.2 Å². The molecule has 30 heavy (non-hydrogen) atoms. The molecule has 1 aliphatic rings. The minimum Gasteiger partial charge on any atom is -0.455 e. The lowest BCUT2D eigenvalue weighted by molar-refractivity contribution is 0.0953. The van der Waals surface area contributed by atoms with Crippen LogP contribution in [0.4, 0.5) is 5.69 Å². The molecule has 0 bridgehead atoms. The van der Waals surface area contributed by atoms with Crippen LogP contribution in [0.5, 0.6) is 0 Å². The number of anilines is 1. The number of carbonyl (C=O) groups is 2. The third kappa shape index (κ3) is 4.00. The van der Waals surface area contributed by atoms with Crippen LogP contribution in [0.15, 0.2) is 58.3 Å². The quantitative estimate of drug-likeness (QED) is 0.644. The zero-order valence-corrected chi connectivity index (χ0v) is 16.9. The first-order chi connectivity index (χ1) is 14.5. The fourth-order valence-electron chi connectivity index (χ4n) is 3.51. The van der Waals surface area contributed by atoms with E-state index in [1.54, 1.807) is 24.5 Å². The molecule has 4 rings (SSSR count). The molecule has 3 aromatic rings. The monoisotopic (exact) mass is 402 g/mol. The van der Waals surface area contributed by atoms with Gasteiger partial charge in [-0.05, 0) is 51.0 Å². The Morgan fingerprint density at radius 2 is 1.73 bits per heavy atom. The van der Waals surface area contributed by atoms with E-state index < -0.39 is 0 Å². The van der Waals surface area contributed by atoms with Crippen LogP contribution in [0.25, 0.3) is 0 Å². The summed E-state index contributed by atoms with van der Waals surface area (Å²) in [5.74, 6) is 0.391. The average molecular weight is 402 g/mol. The van der Waals surface area contributed by atoms with Crippen LogP contribution in [-0.2, 0) is 6.42 Å². The molecule has 2 aromatic heterocycles. The summed E-state index contributed by atoms with van der Waals surface area (Å²) in [6.07, 6.45) is 5.37. The van der Waals surface area contributed by atoms with E-state index in [0.717, 1.165) is 35.3 Å². The molecule has 7 nitrogen and oxygen atoms in total. The number of aryl methyl sites for hydroxylation is 2. The number of pyridine rings is 1. The maximum absolute atomic E-state index is 12.8. The minimum atomic E-state index is -0.310. The zero-order valence-electron chi connectivity index (χ0n) is 16.9. The van der Waals surface area contributed by atoms with Crippen molar-refractivity contribution in [2.45, 2.75) is 33.1 Å². The maximum Gasteiger partial charge on any atom is 0.291 e. The normalized spacial score (nSPS) is 14.3. The van der Waals surface area contributed by atoms with Gasteiger partial charge in [0.25, 0.3) is 11.8 Å². The van der Waals surface area contributed by atoms with Gasteiger partial charge in [-0.25, -0.2) is 5.43 Å². The van der Waals surface area contributed by atoms with Gasteiger partial charge in [-0.2, -0.15) is 5.10 Å². The van der Waals surface area contributed by atoms with Crippen molar-refractivity contribution in [3.63, 3.8) is 0 Å². The highest BCUT2D eigenvalue weighted by atomic mass is 16.4. The first-order valence-corrected chi connectivity index (χ1v) is 9.80. The molecule has 0 spiro atoms. The molecule has 2 N–H and O–H groups in total. The maximum atomic E-state index is 12.8. The summed E-state index contributed by atoms with van der Waals surface area (Å²) in [6.45, 7) is 3.84. The molecule has 0 unspecified atom stereocenters. The fourth-order valence-corrected chi connectivity index (χ4v) is 3.51. The number of fused-ring (bicyclic) bond motifs is 1. The third-order valence-electron chi connectivity index (χ3n) is 5.08. The second kappa shape index (κ2) is 8.32. The van der Waals surface area contributed by atoms with Crippen molar-refractivity contribution in [3.8, 4) is 0 Å². The Morgan fingerprint density at radius 3 is 2.47 bits per heavy atom. The van der Waals surface area contributed by atoms with Crippen molar-refractivity contribution in [3.05, 3.63) is 82.6 Å². The van der Waals surface area contributed by atoms with Gasteiger partial charge in [0.1, 0.15) is 5.76 Å². The Bertz CT molecular complexity index is 1120. The van der Waals surface area contributed by atoms with E-state index in [0.29, 0.717) is 23.4 Å². The molecule has 1 aromatic carbocycles. The summed E-state index contributed by atoms with van der Waals surface area (Å²) in [6, 6.07) is 10.8. The van der Waals surface area contributed by atoms with Gasteiger partial charge in [-0.15, -0.1) is 0 Å². The summed E-state index contributed by atoms with van der Waals surface area (Å²) >= 11 is 0. The predicted octanol–water partition coefficient (Wildman–Crippen LogP) is 4.01. The van der Waals surface area contributed by atoms with E-state index in [-0.39, 0.29) is 17.6 Å². The molecule has 2 heterocycles. The van der Waals surface area contributed by atoms with Gasteiger partial charge < -0.3 is 9.73 Å². The molecule has 152 valence electrons. The van der Waals surface area contributed by atoms with Crippen LogP contribution in [0.2, 0.25) is 0 Å². The molecule has 0 atom stereocenters. The van der Waals surface area contributed by atoms with Crippen molar-refractivity contribution >= 4 is 23.2 Å². The van der Waals surface area contributed by atoms with Gasteiger partial charge in [-0.3, -0.25) is 14.6 Å². The molecule has 0 fully saturated rings. The highest BCUT2D eigenvalue weighted by Gasteiger charge is 2.28. The molecule has 0 radical (unpaired) electrons. The lowest BCUT2D eigenvalue weighted by Gasteiger charge is -2.13. The van der Waals surface area contributed by atoms with Crippen LogP contribution >= 0.6 is 0 Å². The highest BCUT2D eigenvalue weighted by molar-refractivity contribution is 6.09. The number of hydrogen-bond acceptors (Lipinski definition) is 5. The number of amides is 2. The van der Waals surface area contributed by atoms with Gasteiger partial charge >= 0.3 is 0 Å². The van der Waals surface area contributed by atoms with Crippen molar-refractivity contribution in [1.82, 2.24) is 10.4 Å². The molecule has 0 saturated carbocycles. The number of hydrogen-bond donors (Lipinski definition) is 2. The molecule has 1 aliphatic carbocycles. The Morgan fingerprint density at radius 1 is 1.00 bits per heavy atom. The van der Waals surface area contributed by atoms with Crippen LogP contribution < -0.4 is 10.7 Å². The molecular weight excluding hydrogens is 380 g/mol. The second-order valence-electron chi connectivity index (χ2n) is 7.26. The van der Waals surface area contributed by atoms with E-state index in [4.69, 9.17) is 4.42 Å². The van der Waals surface area contributed by atoms with Crippen molar-refractivity contribution in [2.75, 3.05) is 5.32 Å². The number of aromatic nitrogens is 1. The first-order valence-electron chi connectivity index (χ1n) is 9.80. The van der Waals surface area contributed by atoms with Crippen LogP contribution in [-0.4, -0.2) is 22.5 Å². The first kappa shape index (κ1) is 19.6. The summed E-state index contributed by atoms with van der Waals surface area (Å²) in [5, 5.41) is 7.21. The largest absolute Gasteiger partial charge is 0.455 e.